The number of hydrogen-bond donors (Lipinski definition) is 1. The van der Waals surface area contributed by atoms with Gasteiger partial charge in [-0.3, -0.25) is 4.79 Å². The fourth-order valence-electron chi connectivity index (χ4n) is 2.14. The zero-order valence-corrected chi connectivity index (χ0v) is 11.7. The van der Waals surface area contributed by atoms with E-state index in [0.29, 0.717) is 29.4 Å². The van der Waals surface area contributed by atoms with Crippen LogP contribution in [0.3, 0.4) is 0 Å². The second-order valence-corrected chi connectivity index (χ2v) is 4.83. The molecule has 0 saturated heterocycles. The molecule has 5 nitrogen and oxygen atoms in total. The normalized spacial score (nSPS) is 12.2. The fourth-order valence-corrected chi connectivity index (χ4v) is 2.14. The maximum absolute atomic E-state index is 12.8. The van der Waals surface area contributed by atoms with Gasteiger partial charge in [-0.1, -0.05) is 0 Å². The Morgan fingerprint density at radius 2 is 1.86 bits per heavy atom. The Balaban J connectivity index is 1.60. The number of carbonyl (C=O) groups is 1. The molecule has 0 radical (unpaired) electrons. The number of halogens is 1. The predicted octanol–water partition coefficient (Wildman–Crippen LogP) is 2.67. The van der Waals surface area contributed by atoms with Crippen LogP contribution in [0.4, 0.5) is 10.1 Å². The van der Waals surface area contributed by atoms with Gasteiger partial charge in [0.25, 0.3) is 0 Å². The van der Waals surface area contributed by atoms with Crippen molar-refractivity contribution in [3.63, 3.8) is 0 Å². The molecule has 0 unspecified atom stereocenters. The molecule has 22 heavy (non-hydrogen) atoms. The first-order valence-corrected chi connectivity index (χ1v) is 6.76. The lowest BCUT2D eigenvalue weighted by Crippen LogP contribution is -2.09. The van der Waals surface area contributed by atoms with Crippen molar-refractivity contribution < 1.29 is 23.4 Å². The monoisotopic (exact) mass is 303 g/mol. The van der Waals surface area contributed by atoms with Gasteiger partial charge in [0.1, 0.15) is 11.6 Å². The van der Waals surface area contributed by atoms with Crippen LogP contribution < -0.4 is 19.9 Å². The lowest BCUT2D eigenvalue weighted by atomic mass is 10.1. The molecule has 2 aromatic carbocycles. The van der Waals surface area contributed by atoms with Gasteiger partial charge in [0.15, 0.2) is 11.5 Å². The van der Waals surface area contributed by atoms with Crippen molar-refractivity contribution in [1.82, 2.24) is 0 Å². The van der Waals surface area contributed by atoms with Gasteiger partial charge in [-0.05, 0) is 42.3 Å². The second-order valence-electron chi connectivity index (χ2n) is 4.83. The van der Waals surface area contributed by atoms with Crippen molar-refractivity contribution >= 4 is 11.7 Å². The van der Waals surface area contributed by atoms with Gasteiger partial charge < -0.3 is 19.9 Å². The van der Waals surface area contributed by atoms with Gasteiger partial charge in [0, 0.05) is 11.8 Å². The summed E-state index contributed by atoms with van der Waals surface area (Å²) in [6.45, 7) is 0.171. The SMILES string of the molecule is Nc1cc2c(cc1CCC(=O)Oc1ccc(F)cc1)OCO2. The Morgan fingerprint density at radius 1 is 1.18 bits per heavy atom. The van der Waals surface area contributed by atoms with Gasteiger partial charge in [0.05, 0.1) is 6.42 Å². The van der Waals surface area contributed by atoms with Crippen LogP contribution in [-0.4, -0.2) is 12.8 Å². The standard InChI is InChI=1S/C16H14FNO4/c17-11-2-4-12(5-3-11)22-16(19)6-1-10-7-14-15(8-13(10)18)21-9-20-14/h2-5,7-8H,1,6,9,18H2. The summed E-state index contributed by atoms with van der Waals surface area (Å²) in [4.78, 5) is 11.8. The summed E-state index contributed by atoms with van der Waals surface area (Å²) >= 11 is 0. The molecular weight excluding hydrogens is 289 g/mol. The molecule has 0 bridgehead atoms. The van der Waals surface area contributed by atoms with E-state index < -0.39 is 5.97 Å². The summed E-state index contributed by atoms with van der Waals surface area (Å²) < 4.78 is 28.4. The summed E-state index contributed by atoms with van der Waals surface area (Å²) in [6.07, 6.45) is 0.573. The topological polar surface area (TPSA) is 70.8 Å². The van der Waals surface area contributed by atoms with E-state index in [1.54, 1.807) is 12.1 Å². The molecule has 3 rings (SSSR count). The molecule has 0 saturated carbocycles. The molecule has 0 aromatic heterocycles. The molecule has 1 aliphatic heterocycles. The first-order chi connectivity index (χ1) is 10.6. The Morgan fingerprint density at radius 3 is 2.59 bits per heavy atom. The maximum atomic E-state index is 12.8. The van der Waals surface area contributed by atoms with Crippen LogP contribution in [0.5, 0.6) is 17.2 Å². The molecular formula is C16H14FNO4. The van der Waals surface area contributed by atoms with Crippen molar-refractivity contribution in [3.8, 4) is 17.2 Å². The van der Waals surface area contributed by atoms with Crippen molar-refractivity contribution in [2.75, 3.05) is 12.5 Å². The molecule has 0 atom stereocenters. The van der Waals surface area contributed by atoms with Gasteiger partial charge >= 0.3 is 5.97 Å². The Hall–Kier alpha value is -2.76. The number of nitrogens with two attached hydrogens (primary N) is 1. The third-order valence-corrected chi connectivity index (χ3v) is 3.28. The van der Waals surface area contributed by atoms with Crippen LogP contribution >= 0.6 is 0 Å². The number of ether oxygens (including phenoxy) is 3. The highest BCUT2D eigenvalue weighted by atomic mass is 19.1. The average molecular weight is 303 g/mol. The van der Waals surface area contributed by atoms with Gasteiger partial charge in [-0.15, -0.1) is 0 Å². The van der Waals surface area contributed by atoms with Crippen LogP contribution in [0.15, 0.2) is 36.4 Å². The number of hydrogen-bond acceptors (Lipinski definition) is 5. The van der Waals surface area contributed by atoms with E-state index in [9.17, 15) is 9.18 Å². The third kappa shape index (κ3) is 3.11. The van der Waals surface area contributed by atoms with Crippen molar-refractivity contribution in [2.45, 2.75) is 12.8 Å². The Kier molecular flexibility index (Phi) is 3.82. The third-order valence-electron chi connectivity index (χ3n) is 3.28. The Labute approximate surface area is 126 Å². The molecule has 0 aliphatic carbocycles. The molecule has 1 aliphatic rings. The quantitative estimate of drug-likeness (QED) is 0.534. The minimum Gasteiger partial charge on any atom is -0.454 e. The largest absolute Gasteiger partial charge is 0.454 e. The smallest absolute Gasteiger partial charge is 0.311 e. The summed E-state index contributed by atoms with van der Waals surface area (Å²) in [7, 11) is 0. The Bertz CT molecular complexity index is 700. The van der Waals surface area contributed by atoms with E-state index in [2.05, 4.69) is 0 Å². The lowest BCUT2D eigenvalue weighted by molar-refractivity contribution is -0.134. The number of nitrogen functional groups attached to an aromatic ring is 1. The minimum absolute atomic E-state index is 0.154. The van der Waals surface area contributed by atoms with Crippen LogP contribution in [0.2, 0.25) is 0 Å². The summed E-state index contributed by atoms with van der Waals surface area (Å²) in [6, 6.07) is 8.73. The van der Waals surface area contributed by atoms with Crippen molar-refractivity contribution in [2.24, 2.45) is 0 Å². The van der Waals surface area contributed by atoms with Gasteiger partial charge in [0.2, 0.25) is 6.79 Å². The molecule has 2 aromatic rings. The van der Waals surface area contributed by atoms with Gasteiger partial charge in [-0.25, -0.2) is 4.39 Å². The highest BCUT2D eigenvalue weighted by Crippen LogP contribution is 2.36. The number of aryl methyl sites for hydroxylation is 1. The number of anilines is 1. The molecule has 114 valence electrons. The summed E-state index contributed by atoms with van der Waals surface area (Å²) in [5.41, 5.74) is 7.25. The zero-order chi connectivity index (χ0) is 15.5. The van der Waals surface area contributed by atoms with Crippen LogP contribution in [0.25, 0.3) is 0 Å². The zero-order valence-electron chi connectivity index (χ0n) is 11.7. The van der Waals surface area contributed by atoms with E-state index in [-0.39, 0.29) is 19.0 Å². The van der Waals surface area contributed by atoms with E-state index in [1.807, 2.05) is 0 Å². The van der Waals surface area contributed by atoms with Crippen LogP contribution in [0.1, 0.15) is 12.0 Å². The molecule has 6 heteroatoms. The maximum Gasteiger partial charge on any atom is 0.311 e. The number of esters is 1. The molecule has 0 spiro atoms. The first-order valence-electron chi connectivity index (χ1n) is 6.76. The van der Waals surface area contributed by atoms with E-state index in [1.165, 1.54) is 24.3 Å². The van der Waals surface area contributed by atoms with E-state index in [0.717, 1.165) is 5.56 Å². The highest BCUT2D eigenvalue weighted by Gasteiger charge is 2.17. The summed E-state index contributed by atoms with van der Waals surface area (Å²) in [5.74, 6) is 0.743. The molecule has 1 heterocycles. The average Bonchev–Trinajstić information content (AvgIpc) is 2.94. The highest BCUT2D eigenvalue weighted by molar-refractivity contribution is 5.73. The number of carbonyl (C=O) groups excluding carboxylic acids is 1. The fraction of sp³-hybridized carbons (Fsp3) is 0.188. The second kappa shape index (κ2) is 5.93. The molecule has 0 fully saturated rings. The molecule has 2 N–H and O–H groups in total. The van der Waals surface area contributed by atoms with Crippen LogP contribution in [0, 0.1) is 5.82 Å². The van der Waals surface area contributed by atoms with Crippen LogP contribution in [-0.2, 0) is 11.2 Å². The van der Waals surface area contributed by atoms with E-state index >= 15 is 0 Å². The number of rotatable bonds is 4. The number of benzene rings is 2. The van der Waals surface area contributed by atoms with Crippen molar-refractivity contribution in [3.05, 3.63) is 47.8 Å². The predicted molar refractivity (Wildman–Crippen MR) is 77.3 cm³/mol. The summed E-state index contributed by atoms with van der Waals surface area (Å²) in [5, 5.41) is 0. The minimum atomic E-state index is -0.413. The molecule has 0 amide bonds. The van der Waals surface area contributed by atoms with Gasteiger partial charge in [-0.2, -0.15) is 0 Å². The van der Waals surface area contributed by atoms with Crippen molar-refractivity contribution in [1.29, 1.82) is 0 Å². The number of fused-ring (bicyclic) bond motifs is 1. The lowest BCUT2D eigenvalue weighted by Gasteiger charge is -2.08. The van der Waals surface area contributed by atoms with E-state index in [4.69, 9.17) is 19.9 Å². The first kappa shape index (κ1) is 14.2.